The van der Waals surface area contributed by atoms with Crippen molar-refractivity contribution < 1.29 is 37.7 Å². The van der Waals surface area contributed by atoms with Crippen LogP contribution in [0.5, 0.6) is 5.75 Å². The molecule has 6 atom stereocenters. The first-order valence-corrected chi connectivity index (χ1v) is 15.2. The van der Waals surface area contributed by atoms with Crippen LogP contribution in [0.4, 0.5) is 0 Å². The smallest absolute Gasteiger partial charge is 0.347 e. The summed E-state index contributed by atoms with van der Waals surface area (Å²) in [5.41, 5.74) is -2.03. The Bertz CT molecular complexity index is 1620. The average Bonchev–Trinajstić information content (AvgIpc) is 2.97. The first kappa shape index (κ1) is 31.4. The molecule has 1 aliphatic carbocycles. The minimum atomic E-state index is -1.23. The number of halogens is 1. The molecule has 1 saturated carbocycles. The second kappa shape index (κ2) is 12.2. The van der Waals surface area contributed by atoms with E-state index in [9.17, 15) is 19.2 Å². The van der Waals surface area contributed by atoms with Crippen LogP contribution in [0, 0.1) is 11.8 Å². The van der Waals surface area contributed by atoms with E-state index in [1.165, 1.54) is 13.8 Å². The van der Waals surface area contributed by atoms with Gasteiger partial charge in [0.1, 0.15) is 40.5 Å². The van der Waals surface area contributed by atoms with E-state index in [0.29, 0.717) is 24.8 Å². The lowest BCUT2D eigenvalue weighted by Gasteiger charge is -2.55. The summed E-state index contributed by atoms with van der Waals surface area (Å²) in [7, 11) is 0. The number of carbonyl (C=O) groups is 3. The van der Waals surface area contributed by atoms with Gasteiger partial charge in [-0.25, -0.2) is 9.59 Å². The van der Waals surface area contributed by atoms with Gasteiger partial charge in [-0.1, -0.05) is 22.9 Å². The van der Waals surface area contributed by atoms with Crippen molar-refractivity contribution in [3.8, 4) is 17.1 Å². The first-order valence-electron chi connectivity index (χ1n) is 14.5. The van der Waals surface area contributed by atoms with Gasteiger partial charge in [0, 0.05) is 54.2 Å². The van der Waals surface area contributed by atoms with Crippen LogP contribution < -0.4 is 10.4 Å². The standard InChI is InChI=1S/C33H34BrNO9/c1-6-32(4,43-19(3)37)22-14-24-29(42-30(38)20-9-11-23(34)12-10-20)28-26(44-33(24,5)27(15-22)40-18(2)36)16-25(41-31(28)39)21-8-7-13-35-17-21/h7-13,16-17,22,24,27,29H,6,14-15H2,1-5H3/t22-,24-,27-,29-,32?,33-/m1/s1. The number of fused-ring (bicyclic) bond motifs is 2. The normalized spacial score (nSPS) is 25.3. The lowest BCUT2D eigenvalue weighted by molar-refractivity contribution is -0.210. The van der Waals surface area contributed by atoms with E-state index in [1.54, 1.807) is 61.8 Å². The molecule has 3 aromatic rings. The van der Waals surface area contributed by atoms with Crippen LogP contribution in [0.15, 0.2) is 68.5 Å². The molecular weight excluding hydrogens is 634 g/mol. The molecule has 0 saturated heterocycles. The third-order valence-corrected chi connectivity index (χ3v) is 9.38. The van der Waals surface area contributed by atoms with Crippen LogP contribution in [0.3, 0.4) is 0 Å². The van der Waals surface area contributed by atoms with E-state index in [1.807, 2.05) is 13.8 Å². The van der Waals surface area contributed by atoms with Crippen LogP contribution in [-0.4, -0.2) is 40.2 Å². The van der Waals surface area contributed by atoms with Crippen LogP contribution >= 0.6 is 15.9 Å². The number of rotatable bonds is 7. The number of hydrogen-bond acceptors (Lipinski definition) is 10. The van der Waals surface area contributed by atoms with E-state index >= 15 is 0 Å². The van der Waals surface area contributed by atoms with Crippen molar-refractivity contribution >= 4 is 33.8 Å². The molecule has 1 aromatic carbocycles. The van der Waals surface area contributed by atoms with Crippen LogP contribution in [0.25, 0.3) is 11.3 Å². The fraction of sp³-hybridized carbons (Fsp3) is 0.424. The molecule has 0 spiro atoms. The van der Waals surface area contributed by atoms with Gasteiger partial charge in [-0.2, -0.15) is 0 Å². The summed E-state index contributed by atoms with van der Waals surface area (Å²) in [6, 6.07) is 11.7. The fourth-order valence-electron chi connectivity index (χ4n) is 6.39. The summed E-state index contributed by atoms with van der Waals surface area (Å²) >= 11 is 3.37. The molecule has 1 fully saturated rings. The molecule has 10 nitrogen and oxygen atoms in total. The molecule has 1 aliphatic heterocycles. The maximum absolute atomic E-state index is 13.7. The highest BCUT2D eigenvalue weighted by atomic mass is 79.9. The van der Waals surface area contributed by atoms with E-state index in [4.69, 9.17) is 23.4 Å². The molecule has 0 radical (unpaired) electrons. The summed E-state index contributed by atoms with van der Waals surface area (Å²) in [6.07, 6.45) is 2.29. The van der Waals surface area contributed by atoms with Gasteiger partial charge in [0.15, 0.2) is 0 Å². The number of carbonyl (C=O) groups excluding carboxylic acids is 3. The molecule has 11 heteroatoms. The zero-order chi connectivity index (χ0) is 31.8. The van der Waals surface area contributed by atoms with Crippen molar-refractivity contribution in [2.24, 2.45) is 11.8 Å². The second-order valence-corrected chi connectivity index (χ2v) is 12.6. The number of ether oxygens (including phenoxy) is 4. The molecule has 1 unspecified atom stereocenters. The molecule has 5 rings (SSSR count). The van der Waals surface area contributed by atoms with Gasteiger partial charge in [-0.15, -0.1) is 0 Å². The number of nitrogens with zero attached hydrogens (tertiary/aromatic N) is 1. The highest BCUT2D eigenvalue weighted by Crippen LogP contribution is 2.55. The Morgan fingerprint density at radius 1 is 1.09 bits per heavy atom. The van der Waals surface area contributed by atoms with E-state index in [2.05, 4.69) is 20.9 Å². The van der Waals surface area contributed by atoms with Crippen molar-refractivity contribution in [3.63, 3.8) is 0 Å². The van der Waals surface area contributed by atoms with Gasteiger partial charge in [0.2, 0.25) is 0 Å². The molecule has 0 amide bonds. The Morgan fingerprint density at radius 2 is 1.82 bits per heavy atom. The van der Waals surface area contributed by atoms with Gasteiger partial charge in [-0.3, -0.25) is 14.6 Å². The Kier molecular flexibility index (Phi) is 8.71. The Hall–Kier alpha value is -3.99. The van der Waals surface area contributed by atoms with Crippen molar-refractivity contribution in [2.75, 3.05) is 0 Å². The van der Waals surface area contributed by atoms with E-state index < -0.39 is 52.9 Å². The van der Waals surface area contributed by atoms with Crippen molar-refractivity contribution in [1.82, 2.24) is 4.98 Å². The lowest BCUT2D eigenvalue weighted by Crippen LogP contribution is -2.63. The van der Waals surface area contributed by atoms with Crippen LogP contribution in [0.1, 0.15) is 75.9 Å². The monoisotopic (exact) mass is 667 g/mol. The van der Waals surface area contributed by atoms with Gasteiger partial charge >= 0.3 is 23.5 Å². The Morgan fingerprint density at radius 3 is 2.43 bits per heavy atom. The van der Waals surface area contributed by atoms with Gasteiger partial charge < -0.3 is 23.4 Å². The van der Waals surface area contributed by atoms with Crippen molar-refractivity contribution in [3.05, 3.63) is 80.9 Å². The number of hydrogen-bond donors (Lipinski definition) is 0. The molecular formula is C33H34BrNO9. The summed E-state index contributed by atoms with van der Waals surface area (Å²) < 4.78 is 31.0. The maximum Gasteiger partial charge on any atom is 0.347 e. The van der Waals surface area contributed by atoms with Crippen LogP contribution in [-0.2, 0) is 23.8 Å². The molecule has 2 aromatic heterocycles. The number of esters is 3. The number of pyridine rings is 1. The molecule has 2 aliphatic rings. The molecule has 0 bridgehead atoms. The van der Waals surface area contributed by atoms with Crippen molar-refractivity contribution in [1.29, 1.82) is 0 Å². The zero-order valence-electron chi connectivity index (χ0n) is 25.1. The first-order chi connectivity index (χ1) is 20.8. The molecule has 232 valence electrons. The summed E-state index contributed by atoms with van der Waals surface area (Å²) in [4.78, 5) is 56.0. The van der Waals surface area contributed by atoms with E-state index in [0.717, 1.165) is 4.47 Å². The second-order valence-electron chi connectivity index (χ2n) is 11.7. The lowest BCUT2D eigenvalue weighted by atomic mass is 9.61. The molecule has 0 N–H and O–H groups in total. The third-order valence-electron chi connectivity index (χ3n) is 8.85. The topological polar surface area (TPSA) is 131 Å². The molecule has 44 heavy (non-hydrogen) atoms. The quantitative estimate of drug-likeness (QED) is 0.212. The zero-order valence-corrected chi connectivity index (χ0v) is 26.7. The summed E-state index contributed by atoms with van der Waals surface area (Å²) in [6.45, 7) is 8.19. The minimum Gasteiger partial charge on any atom is -0.482 e. The largest absolute Gasteiger partial charge is 0.482 e. The van der Waals surface area contributed by atoms with Crippen LogP contribution in [0.2, 0.25) is 0 Å². The van der Waals surface area contributed by atoms with Gasteiger partial charge in [0.25, 0.3) is 0 Å². The third kappa shape index (κ3) is 6.02. The Labute approximate surface area is 263 Å². The highest BCUT2D eigenvalue weighted by molar-refractivity contribution is 9.10. The number of aromatic nitrogens is 1. The van der Waals surface area contributed by atoms with Gasteiger partial charge in [0.05, 0.1) is 5.56 Å². The van der Waals surface area contributed by atoms with Gasteiger partial charge in [-0.05, 0) is 69.5 Å². The predicted molar refractivity (Wildman–Crippen MR) is 162 cm³/mol. The SMILES string of the molecule is CCC(C)(OC(C)=O)[C@@H]1C[C@@H]2[C@@H](OC(=O)c3ccc(Br)cc3)c3c(cc(-c4cccnc4)oc3=O)O[C@@]2(C)[C@H](OC(C)=O)C1. The minimum absolute atomic E-state index is 0.0403. The highest BCUT2D eigenvalue weighted by Gasteiger charge is 2.61. The summed E-state index contributed by atoms with van der Waals surface area (Å²) in [5, 5.41) is 0. The fourth-order valence-corrected chi connectivity index (χ4v) is 6.66. The van der Waals surface area contributed by atoms with E-state index in [-0.39, 0.29) is 28.6 Å². The average molecular weight is 669 g/mol. The van der Waals surface area contributed by atoms with Crippen molar-refractivity contribution in [2.45, 2.75) is 77.3 Å². The predicted octanol–water partition coefficient (Wildman–Crippen LogP) is 6.20. The maximum atomic E-state index is 13.7. The Balaban J connectivity index is 1.67. The molecule has 3 heterocycles. The number of benzene rings is 1. The summed E-state index contributed by atoms with van der Waals surface area (Å²) in [5.74, 6) is -2.28.